The Balaban J connectivity index is 1.39. The first-order chi connectivity index (χ1) is 16.3. The van der Waals surface area contributed by atoms with Crippen molar-refractivity contribution < 1.29 is 19.2 Å². The Kier molecular flexibility index (Phi) is 4.71. The lowest BCUT2D eigenvalue weighted by Gasteiger charge is -2.52. The van der Waals surface area contributed by atoms with Crippen molar-refractivity contribution in [3.8, 4) is 0 Å². The van der Waals surface area contributed by atoms with Crippen LogP contribution in [-0.2, 0) is 19.2 Å². The number of rotatable bonds is 2. The van der Waals surface area contributed by atoms with E-state index in [1.807, 2.05) is 48.3 Å². The van der Waals surface area contributed by atoms with Crippen LogP contribution in [0.3, 0.4) is 0 Å². The monoisotopic (exact) mass is 461 g/mol. The molecule has 3 heterocycles. The van der Waals surface area contributed by atoms with Crippen molar-refractivity contribution in [2.75, 3.05) is 11.9 Å². The fourth-order valence-corrected chi connectivity index (χ4v) is 7.07. The summed E-state index contributed by atoms with van der Waals surface area (Å²) in [5, 5.41) is 3.76. The topological polar surface area (TPSA) is 70.2 Å². The van der Waals surface area contributed by atoms with E-state index in [0.29, 0.717) is 17.5 Å². The summed E-state index contributed by atoms with van der Waals surface area (Å²) in [6, 6.07) is 12.6. The molecular weight excluding hydrogens is 430 g/mol. The lowest BCUT2D eigenvalue weighted by molar-refractivity contribution is -0.260. The van der Waals surface area contributed by atoms with Gasteiger partial charge in [-0.3, -0.25) is 19.2 Å². The van der Waals surface area contributed by atoms with E-state index in [0.717, 1.165) is 30.0 Å². The lowest BCUT2D eigenvalue weighted by Crippen LogP contribution is -2.62. The Morgan fingerprint density at radius 1 is 0.971 bits per heavy atom. The van der Waals surface area contributed by atoms with Crippen LogP contribution in [0.4, 0.5) is 5.69 Å². The molecule has 7 heteroatoms. The molecule has 0 unspecified atom stereocenters. The van der Waals surface area contributed by atoms with Gasteiger partial charge >= 0.3 is 0 Å². The summed E-state index contributed by atoms with van der Waals surface area (Å²) in [6.07, 6.45) is 1.92. The van der Waals surface area contributed by atoms with Crippen molar-refractivity contribution in [3.05, 3.63) is 42.5 Å². The molecule has 7 nitrogen and oxygen atoms in total. The summed E-state index contributed by atoms with van der Waals surface area (Å²) in [4.78, 5) is 50.3. The van der Waals surface area contributed by atoms with Crippen LogP contribution in [0.5, 0.6) is 0 Å². The van der Waals surface area contributed by atoms with Crippen molar-refractivity contribution in [1.29, 1.82) is 0 Å². The molecule has 2 aromatic carbocycles. The molecular formula is C27H31N3O4. The molecule has 0 aromatic heterocycles. The van der Waals surface area contributed by atoms with Crippen LogP contribution in [-0.4, -0.2) is 52.5 Å². The maximum atomic E-state index is 13.7. The molecule has 6 rings (SSSR count). The fraction of sp³-hybridized carbons (Fsp3) is 0.519. The predicted molar refractivity (Wildman–Crippen MR) is 127 cm³/mol. The molecule has 3 aliphatic heterocycles. The summed E-state index contributed by atoms with van der Waals surface area (Å²) in [7, 11) is 1.84. The Labute approximate surface area is 199 Å². The molecule has 4 aliphatic rings. The van der Waals surface area contributed by atoms with Crippen molar-refractivity contribution in [3.63, 3.8) is 0 Å². The van der Waals surface area contributed by atoms with E-state index in [9.17, 15) is 14.4 Å². The van der Waals surface area contributed by atoms with Crippen molar-refractivity contribution in [2.45, 2.75) is 57.8 Å². The highest BCUT2D eigenvalue weighted by molar-refractivity contribution is 6.25. The third-order valence-corrected chi connectivity index (χ3v) is 8.67. The van der Waals surface area contributed by atoms with Gasteiger partial charge in [0.2, 0.25) is 11.8 Å². The molecule has 4 fully saturated rings. The fourth-order valence-electron chi connectivity index (χ4n) is 7.07. The van der Waals surface area contributed by atoms with Gasteiger partial charge in [0, 0.05) is 13.0 Å². The summed E-state index contributed by atoms with van der Waals surface area (Å²) >= 11 is 0. The molecule has 34 heavy (non-hydrogen) atoms. The molecule has 1 aliphatic carbocycles. The second-order valence-electron chi connectivity index (χ2n) is 10.9. The first kappa shape index (κ1) is 21.7. The second-order valence-corrected chi connectivity index (χ2v) is 10.9. The highest BCUT2D eigenvalue weighted by Crippen LogP contribution is 2.55. The van der Waals surface area contributed by atoms with Crippen LogP contribution < -0.4 is 4.90 Å². The Hall–Kier alpha value is -2.77. The van der Waals surface area contributed by atoms with Gasteiger partial charge in [-0.25, -0.2) is 4.90 Å². The van der Waals surface area contributed by atoms with Crippen molar-refractivity contribution in [1.82, 2.24) is 9.96 Å². The van der Waals surface area contributed by atoms with E-state index < -0.39 is 23.7 Å². The standard InChI is InChI=1S/C27H31N3O4/c1-15(2)20-12-9-16(3)14-27(20)28(4)25(32)22-21-23(34-30(22)27)26(33)29(24(21)31)19-11-10-17-7-5-6-8-18(17)13-19/h5-8,10-11,13,15-16,20-23H,9,12,14H2,1-4H3/t16-,20+,21-,22+,23+,27+/m1/s1. The zero-order valence-corrected chi connectivity index (χ0v) is 20.1. The number of nitrogens with zero attached hydrogens (tertiary/aromatic N) is 3. The largest absolute Gasteiger partial charge is 0.323 e. The van der Waals surface area contributed by atoms with E-state index in [1.54, 1.807) is 11.1 Å². The number of amides is 3. The number of fused-ring (bicyclic) bond motifs is 5. The third kappa shape index (κ3) is 2.68. The Morgan fingerprint density at radius 2 is 1.71 bits per heavy atom. The number of likely N-dealkylation sites (N-methyl/N-ethyl adjacent to an activating group) is 1. The van der Waals surface area contributed by atoms with E-state index in [-0.39, 0.29) is 23.6 Å². The normalized spacial score (nSPS) is 35.8. The van der Waals surface area contributed by atoms with Gasteiger partial charge in [0.15, 0.2) is 6.10 Å². The first-order valence-corrected chi connectivity index (χ1v) is 12.4. The van der Waals surface area contributed by atoms with E-state index in [2.05, 4.69) is 20.8 Å². The summed E-state index contributed by atoms with van der Waals surface area (Å²) in [6.45, 7) is 6.57. The molecule has 2 aromatic rings. The molecule has 0 N–H and O–H groups in total. The Bertz CT molecular complexity index is 1210. The van der Waals surface area contributed by atoms with Gasteiger partial charge in [0.05, 0.1) is 5.69 Å². The number of benzene rings is 2. The van der Waals surface area contributed by atoms with E-state index in [1.165, 1.54) is 4.90 Å². The average Bonchev–Trinajstić information content (AvgIpc) is 3.39. The van der Waals surface area contributed by atoms with E-state index >= 15 is 0 Å². The van der Waals surface area contributed by atoms with Crippen molar-refractivity contribution >= 4 is 34.2 Å². The van der Waals surface area contributed by atoms with Crippen LogP contribution in [0, 0.1) is 23.7 Å². The number of imide groups is 1. The lowest BCUT2D eigenvalue weighted by atomic mass is 9.69. The zero-order valence-electron chi connectivity index (χ0n) is 20.1. The summed E-state index contributed by atoms with van der Waals surface area (Å²) in [5.41, 5.74) is -0.0928. The molecule has 0 bridgehead atoms. The second kappa shape index (κ2) is 7.36. The first-order valence-electron chi connectivity index (χ1n) is 12.4. The van der Waals surface area contributed by atoms with Crippen molar-refractivity contribution in [2.24, 2.45) is 23.7 Å². The summed E-state index contributed by atoms with van der Waals surface area (Å²) in [5.74, 6) is -0.688. The number of hydrogen-bond donors (Lipinski definition) is 0. The molecule has 178 valence electrons. The minimum Gasteiger partial charge on any atom is -0.323 e. The number of hydroxylamine groups is 2. The molecule has 1 spiro atoms. The van der Waals surface area contributed by atoms with Crippen LogP contribution in [0.25, 0.3) is 10.8 Å². The van der Waals surface area contributed by atoms with Gasteiger partial charge in [0.1, 0.15) is 17.6 Å². The molecule has 0 radical (unpaired) electrons. The molecule has 6 atom stereocenters. The highest BCUT2D eigenvalue weighted by Gasteiger charge is 2.72. The van der Waals surface area contributed by atoms with Crippen LogP contribution in [0.15, 0.2) is 42.5 Å². The van der Waals surface area contributed by atoms with Crippen LogP contribution in [0.2, 0.25) is 0 Å². The number of hydrogen-bond acceptors (Lipinski definition) is 5. The minimum atomic E-state index is -0.955. The van der Waals surface area contributed by atoms with Gasteiger partial charge in [-0.15, -0.1) is 5.06 Å². The van der Waals surface area contributed by atoms with Crippen LogP contribution in [0.1, 0.15) is 40.0 Å². The zero-order chi connectivity index (χ0) is 23.9. The predicted octanol–water partition coefficient (Wildman–Crippen LogP) is 3.57. The van der Waals surface area contributed by atoms with Gasteiger partial charge in [-0.1, -0.05) is 57.5 Å². The van der Waals surface area contributed by atoms with Gasteiger partial charge in [-0.05, 0) is 47.6 Å². The Morgan fingerprint density at radius 3 is 2.44 bits per heavy atom. The molecule has 3 amide bonds. The molecule has 1 saturated carbocycles. The maximum absolute atomic E-state index is 13.7. The number of carbonyl (C=O) groups excluding carboxylic acids is 3. The number of anilines is 1. The van der Waals surface area contributed by atoms with E-state index in [4.69, 9.17) is 4.84 Å². The highest BCUT2D eigenvalue weighted by atomic mass is 16.7. The average molecular weight is 462 g/mol. The van der Waals surface area contributed by atoms with Crippen LogP contribution >= 0.6 is 0 Å². The van der Waals surface area contributed by atoms with Gasteiger partial charge in [-0.2, -0.15) is 0 Å². The van der Waals surface area contributed by atoms with Gasteiger partial charge < -0.3 is 4.90 Å². The minimum absolute atomic E-state index is 0.117. The third-order valence-electron chi connectivity index (χ3n) is 8.67. The SMILES string of the molecule is CC(C)[C@@H]1CC[C@@H](C)C[C@@]12N(C)C(=O)[C@@H]1[C@H]3C(=O)N(c4ccc5ccccc5c4)C(=O)[C@H]3ON12. The van der Waals surface area contributed by atoms with Gasteiger partial charge in [0.25, 0.3) is 5.91 Å². The molecule has 3 saturated heterocycles. The smallest absolute Gasteiger partial charge is 0.265 e. The number of carbonyl (C=O) groups is 3. The quantitative estimate of drug-likeness (QED) is 0.640. The summed E-state index contributed by atoms with van der Waals surface area (Å²) < 4.78 is 0. The maximum Gasteiger partial charge on any atom is 0.265 e.